The van der Waals surface area contributed by atoms with Crippen molar-refractivity contribution >= 4 is 23.2 Å². The van der Waals surface area contributed by atoms with Crippen molar-refractivity contribution in [3.8, 4) is 0 Å². The number of nitro groups is 1. The van der Waals surface area contributed by atoms with Crippen LogP contribution in [0.25, 0.3) is 0 Å². The van der Waals surface area contributed by atoms with Gasteiger partial charge in [-0.3, -0.25) is 14.9 Å². The smallest absolute Gasteiger partial charge is 0.269 e. The second-order valence-corrected chi connectivity index (χ2v) is 5.00. The van der Waals surface area contributed by atoms with Crippen molar-refractivity contribution in [1.29, 1.82) is 0 Å². The van der Waals surface area contributed by atoms with Crippen molar-refractivity contribution < 1.29 is 9.72 Å². The molecule has 1 amide bonds. The van der Waals surface area contributed by atoms with Crippen LogP contribution in [-0.2, 0) is 4.79 Å². The first kappa shape index (κ1) is 12.8. The van der Waals surface area contributed by atoms with Crippen molar-refractivity contribution in [2.24, 2.45) is 0 Å². The van der Waals surface area contributed by atoms with E-state index >= 15 is 0 Å². The summed E-state index contributed by atoms with van der Waals surface area (Å²) >= 11 is 6.02. The molecule has 6 heteroatoms. The highest BCUT2D eigenvalue weighted by molar-refractivity contribution is 6.33. The Morgan fingerprint density at radius 3 is 2.33 bits per heavy atom. The van der Waals surface area contributed by atoms with Gasteiger partial charge < -0.3 is 4.90 Å². The Kier molecular flexibility index (Phi) is 3.26. The van der Waals surface area contributed by atoms with E-state index in [0.717, 1.165) is 5.56 Å². The number of likely N-dealkylation sites (tertiary alicyclic amines) is 1. The molecule has 2 atom stereocenters. The van der Waals surface area contributed by atoms with E-state index in [9.17, 15) is 14.9 Å². The van der Waals surface area contributed by atoms with Gasteiger partial charge in [-0.2, -0.15) is 0 Å². The fourth-order valence-electron chi connectivity index (χ4n) is 2.17. The van der Waals surface area contributed by atoms with E-state index in [-0.39, 0.29) is 23.7 Å². The van der Waals surface area contributed by atoms with Gasteiger partial charge in [-0.25, -0.2) is 0 Å². The van der Waals surface area contributed by atoms with Crippen molar-refractivity contribution in [1.82, 2.24) is 4.90 Å². The predicted molar refractivity (Wildman–Crippen MR) is 67.5 cm³/mol. The molecule has 96 valence electrons. The molecule has 1 fully saturated rings. The van der Waals surface area contributed by atoms with Gasteiger partial charge in [-0.1, -0.05) is 12.1 Å². The molecule has 1 saturated heterocycles. The first-order valence-electron chi connectivity index (χ1n) is 5.64. The SMILES string of the molecule is CC(C)N1C(=O)[C@@H](Cl)[C@@H]1c1ccc([N+](=O)[O-])cc1. The van der Waals surface area contributed by atoms with Crippen LogP contribution in [0.2, 0.25) is 0 Å². The number of β-lactam (4-membered cyclic amide) rings is 1. The summed E-state index contributed by atoms with van der Waals surface area (Å²) in [5, 5.41) is 9.99. The van der Waals surface area contributed by atoms with E-state index in [1.165, 1.54) is 12.1 Å². The molecule has 0 aliphatic carbocycles. The van der Waals surface area contributed by atoms with E-state index in [2.05, 4.69) is 0 Å². The van der Waals surface area contributed by atoms with Gasteiger partial charge in [0.1, 0.15) is 5.38 Å². The van der Waals surface area contributed by atoms with Crippen molar-refractivity contribution in [3.63, 3.8) is 0 Å². The Morgan fingerprint density at radius 2 is 1.89 bits per heavy atom. The van der Waals surface area contributed by atoms with Crippen LogP contribution in [0.3, 0.4) is 0 Å². The van der Waals surface area contributed by atoms with Gasteiger partial charge in [0.05, 0.1) is 11.0 Å². The lowest BCUT2D eigenvalue weighted by Crippen LogP contribution is -2.58. The van der Waals surface area contributed by atoms with E-state index in [0.29, 0.717) is 0 Å². The van der Waals surface area contributed by atoms with Gasteiger partial charge in [0.15, 0.2) is 0 Å². The molecule has 1 aromatic rings. The minimum Gasteiger partial charge on any atom is -0.330 e. The minimum atomic E-state index is -0.575. The van der Waals surface area contributed by atoms with E-state index < -0.39 is 10.3 Å². The molecule has 18 heavy (non-hydrogen) atoms. The number of benzene rings is 1. The van der Waals surface area contributed by atoms with Crippen LogP contribution in [0.5, 0.6) is 0 Å². The predicted octanol–water partition coefficient (Wildman–Crippen LogP) is 2.49. The molecule has 0 radical (unpaired) electrons. The van der Waals surface area contributed by atoms with Crippen LogP contribution < -0.4 is 0 Å². The molecule has 0 unspecified atom stereocenters. The number of nitro benzene ring substituents is 1. The highest BCUT2D eigenvalue weighted by Gasteiger charge is 2.48. The Hall–Kier alpha value is -1.62. The number of nitrogens with zero attached hydrogens (tertiary/aromatic N) is 2. The maximum atomic E-state index is 11.6. The highest BCUT2D eigenvalue weighted by Crippen LogP contribution is 2.40. The molecule has 1 aliphatic heterocycles. The van der Waals surface area contributed by atoms with E-state index in [4.69, 9.17) is 11.6 Å². The van der Waals surface area contributed by atoms with E-state index in [1.807, 2.05) is 13.8 Å². The molecule has 5 nitrogen and oxygen atoms in total. The molecule has 1 heterocycles. The maximum absolute atomic E-state index is 11.6. The monoisotopic (exact) mass is 268 g/mol. The lowest BCUT2D eigenvalue weighted by molar-refractivity contribution is -0.384. The molecule has 0 saturated carbocycles. The quantitative estimate of drug-likeness (QED) is 0.366. The summed E-state index contributed by atoms with van der Waals surface area (Å²) in [7, 11) is 0. The molecule has 1 aromatic carbocycles. The summed E-state index contributed by atoms with van der Waals surface area (Å²) in [6, 6.07) is 6.04. The third-order valence-electron chi connectivity index (χ3n) is 3.07. The van der Waals surface area contributed by atoms with Crippen molar-refractivity contribution in [2.75, 3.05) is 0 Å². The molecular formula is C12H13ClN2O3. The summed E-state index contributed by atoms with van der Waals surface area (Å²) < 4.78 is 0. The molecule has 0 spiro atoms. The Balaban J connectivity index is 2.26. The number of carbonyl (C=O) groups excluding carboxylic acids is 1. The lowest BCUT2D eigenvalue weighted by Gasteiger charge is -2.47. The standard InChI is InChI=1S/C12H13ClN2O3/c1-7(2)14-11(10(13)12(14)16)8-3-5-9(6-4-8)15(17)18/h3-7,10-11H,1-2H3/t10-,11-/m0/s1. The highest BCUT2D eigenvalue weighted by atomic mass is 35.5. The fourth-order valence-corrected chi connectivity index (χ4v) is 2.55. The van der Waals surface area contributed by atoms with Gasteiger partial charge in [0.25, 0.3) is 5.69 Å². The number of hydrogen-bond acceptors (Lipinski definition) is 3. The van der Waals surface area contributed by atoms with Crippen LogP contribution >= 0.6 is 11.6 Å². The topological polar surface area (TPSA) is 63.5 Å². The van der Waals surface area contributed by atoms with Crippen LogP contribution in [0, 0.1) is 10.1 Å². The number of carbonyl (C=O) groups is 1. The van der Waals surface area contributed by atoms with Crippen LogP contribution in [0.15, 0.2) is 24.3 Å². The first-order chi connectivity index (χ1) is 8.43. The minimum absolute atomic E-state index is 0.0339. The van der Waals surface area contributed by atoms with Gasteiger partial charge in [0.2, 0.25) is 5.91 Å². The largest absolute Gasteiger partial charge is 0.330 e. The summed E-state index contributed by atoms with van der Waals surface area (Å²) in [6.07, 6.45) is 0. The molecule has 1 aliphatic rings. The lowest BCUT2D eigenvalue weighted by atomic mass is 9.91. The Bertz CT molecular complexity index is 487. The number of non-ortho nitro benzene ring substituents is 1. The number of alkyl halides is 1. The fraction of sp³-hybridized carbons (Fsp3) is 0.417. The van der Waals surface area contributed by atoms with Gasteiger partial charge in [0, 0.05) is 18.2 Å². The van der Waals surface area contributed by atoms with Crippen LogP contribution in [0.1, 0.15) is 25.5 Å². The number of hydrogen-bond donors (Lipinski definition) is 0. The second kappa shape index (κ2) is 4.57. The third kappa shape index (κ3) is 1.95. The molecule has 0 bridgehead atoms. The van der Waals surface area contributed by atoms with Crippen molar-refractivity contribution in [2.45, 2.75) is 31.3 Å². The Morgan fingerprint density at radius 1 is 1.33 bits per heavy atom. The molecular weight excluding hydrogens is 256 g/mol. The Labute approximate surface area is 109 Å². The maximum Gasteiger partial charge on any atom is 0.269 e. The second-order valence-electron chi connectivity index (χ2n) is 4.53. The number of halogens is 1. The third-order valence-corrected chi connectivity index (χ3v) is 3.49. The average molecular weight is 269 g/mol. The summed E-state index contributed by atoms with van der Waals surface area (Å²) in [4.78, 5) is 23.5. The zero-order chi connectivity index (χ0) is 13.4. The summed E-state index contributed by atoms with van der Waals surface area (Å²) in [5.41, 5.74) is 0.862. The van der Waals surface area contributed by atoms with E-state index in [1.54, 1.807) is 17.0 Å². The zero-order valence-electron chi connectivity index (χ0n) is 10.0. The molecule has 0 N–H and O–H groups in total. The molecule has 2 rings (SSSR count). The average Bonchev–Trinajstić information content (AvgIpc) is 2.34. The number of rotatable bonds is 3. The zero-order valence-corrected chi connectivity index (χ0v) is 10.8. The van der Waals surface area contributed by atoms with Gasteiger partial charge in [-0.05, 0) is 19.4 Å². The van der Waals surface area contributed by atoms with Crippen molar-refractivity contribution in [3.05, 3.63) is 39.9 Å². The summed E-state index contributed by atoms with van der Waals surface area (Å²) in [6.45, 7) is 3.83. The molecule has 0 aromatic heterocycles. The van der Waals surface area contributed by atoms with Crippen LogP contribution in [-0.4, -0.2) is 27.1 Å². The normalized spacial score (nSPS) is 23.1. The van der Waals surface area contributed by atoms with Gasteiger partial charge in [-0.15, -0.1) is 11.6 Å². The number of amides is 1. The van der Waals surface area contributed by atoms with Gasteiger partial charge >= 0.3 is 0 Å². The van der Waals surface area contributed by atoms with Crippen LogP contribution in [0.4, 0.5) is 5.69 Å². The first-order valence-corrected chi connectivity index (χ1v) is 6.07. The summed E-state index contributed by atoms with van der Waals surface area (Å²) in [5.74, 6) is -0.0879.